The summed E-state index contributed by atoms with van der Waals surface area (Å²) in [5.74, 6) is -1.08. The van der Waals surface area contributed by atoms with Crippen LogP contribution >= 0.6 is 0 Å². The Hall–Kier alpha value is -3.35. The van der Waals surface area contributed by atoms with E-state index < -0.39 is 30.6 Å². The molecule has 27 heavy (non-hydrogen) atoms. The molecule has 0 aliphatic rings. The molecule has 2 rings (SSSR count). The number of rotatable bonds is 7. The molecule has 0 saturated heterocycles. The van der Waals surface area contributed by atoms with Gasteiger partial charge in [-0.25, -0.2) is 9.59 Å². The van der Waals surface area contributed by atoms with Gasteiger partial charge < -0.3 is 19.5 Å². The Bertz CT molecular complexity index is 798. The van der Waals surface area contributed by atoms with Crippen molar-refractivity contribution >= 4 is 23.5 Å². The first kappa shape index (κ1) is 20.0. The van der Waals surface area contributed by atoms with Crippen molar-refractivity contribution in [1.82, 2.24) is 0 Å². The predicted octanol–water partition coefficient (Wildman–Crippen LogP) is 2.73. The molecule has 0 aliphatic heterocycles. The van der Waals surface area contributed by atoms with Gasteiger partial charge in [0.25, 0.3) is 5.91 Å². The van der Waals surface area contributed by atoms with Gasteiger partial charge in [0.2, 0.25) is 0 Å². The van der Waals surface area contributed by atoms with E-state index in [2.05, 4.69) is 10.1 Å². The van der Waals surface area contributed by atoms with Crippen LogP contribution in [0.5, 0.6) is 5.75 Å². The molecule has 2 aromatic rings. The number of aryl methyl sites for hydroxylation is 1. The van der Waals surface area contributed by atoms with Crippen molar-refractivity contribution in [2.24, 2.45) is 0 Å². The smallest absolute Gasteiger partial charge is 0.347 e. The predicted molar refractivity (Wildman–Crippen MR) is 98.6 cm³/mol. The molecule has 0 aliphatic carbocycles. The van der Waals surface area contributed by atoms with E-state index in [4.69, 9.17) is 9.47 Å². The molecule has 7 heteroatoms. The number of anilines is 1. The SMILES string of the molecule is COC(=O)c1ccc(NC(=O)COC(=O)C(C)Oc2ccc(C)cc2)cc1. The van der Waals surface area contributed by atoms with E-state index in [1.165, 1.54) is 19.2 Å². The summed E-state index contributed by atoms with van der Waals surface area (Å²) < 4.78 is 15.0. The quantitative estimate of drug-likeness (QED) is 0.753. The summed E-state index contributed by atoms with van der Waals surface area (Å²) in [4.78, 5) is 35.2. The van der Waals surface area contributed by atoms with Crippen molar-refractivity contribution in [2.45, 2.75) is 20.0 Å². The third kappa shape index (κ3) is 6.14. The second-order valence-corrected chi connectivity index (χ2v) is 5.80. The largest absolute Gasteiger partial charge is 0.479 e. The van der Waals surface area contributed by atoms with E-state index in [1.807, 2.05) is 19.1 Å². The Morgan fingerprint density at radius 2 is 1.63 bits per heavy atom. The van der Waals surface area contributed by atoms with Crippen LogP contribution in [-0.4, -0.2) is 37.7 Å². The van der Waals surface area contributed by atoms with Gasteiger partial charge in [0.15, 0.2) is 12.7 Å². The van der Waals surface area contributed by atoms with Gasteiger partial charge in [0, 0.05) is 5.69 Å². The van der Waals surface area contributed by atoms with Crippen molar-refractivity contribution < 1.29 is 28.6 Å². The maximum Gasteiger partial charge on any atom is 0.347 e. The van der Waals surface area contributed by atoms with Gasteiger partial charge in [-0.15, -0.1) is 0 Å². The maximum atomic E-state index is 11.9. The van der Waals surface area contributed by atoms with Crippen LogP contribution < -0.4 is 10.1 Å². The highest BCUT2D eigenvalue weighted by molar-refractivity contribution is 5.94. The molecule has 0 heterocycles. The Labute approximate surface area is 157 Å². The number of amides is 1. The zero-order valence-electron chi connectivity index (χ0n) is 15.4. The van der Waals surface area contributed by atoms with E-state index in [0.717, 1.165) is 5.56 Å². The molecule has 0 radical (unpaired) electrons. The van der Waals surface area contributed by atoms with Gasteiger partial charge in [0.1, 0.15) is 5.75 Å². The molecule has 0 spiro atoms. The zero-order chi connectivity index (χ0) is 19.8. The highest BCUT2D eigenvalue weighted by atomic mass is 16.6. The third-order valence-electron chi connectivity index (χ3n) is 3.60. The van der Waals surface area contributed by atoms with Crippen LogP contribution in [0.4, 0.5) is 5.69 Å². The van der Waals surface area contributed by atoms with Crippen molar-refractivity contribution in [1.29, 1.82) is 0 Å². The molecule has 0 bridgehead atoms. The summed E-state index contributed by atoms with van der Waals surface area (Å²) in [5.41, 5.74) is 1.91. The topological polar surface area (TPSA) is 90.9 Å². The summed E-state index contributed by atoms with van der Waals surface area (Å²) in [7, 11) is 1.29. The summed E-state index contributed by atoms with van der Waals surface area (Å²) in [6.07, 6.45) is -0.847. The second kappa shape index (κ2) is 9.38. The number of ether oxygens (including phenoxy) is 3. The van der Waals surface area contributed by atoms with Crippen molar-refractivity contribution in [3.8, 4) is 5.75 Å². The Balaban J connectivity index is 1.79. The minimum atomic E-state index is -0.847. The van der Waals surface area contributed by atoms with E-state index in [-0.39, 0.29) is 0 Å². The summed E-state index contributed by atoms with van der Waals surface area (Å²) in [6, 6.07) is 13.4. The number of methoxy groups -OCH3 is 1. The fraction of sp³-hybridized carbons (Fsp3) is 0.250. The van der Waals surface area contributed by atoms with Crippen LogP contribution in [-0.2, 0) is 19.1 Å². The molecule has 0 saturated carbocycles. The molecule has 1 N–H and O–H groups in total. The summed E-state index contributed by atoms with van der Waals surface area (Å²) in [5, 5.41) is 2.57. The Morgan fingerprint density at radius 1 is 1.00 bits per heavy atom. The highest BCUT2D eigenvalue weighted by Gasteiger charge is 2.18. The lowest BCUT2D eigenvalue weighted by Crippen LogP contribution is -2.29. The number of hydrogen-bond acceptors (Lipinski definition) is 6. The lowest BCUT2D eigenvalue weighted by molar-refractivity contribution is -0.153. The first-order valence-corrected chi connectivity index (χ1v) is 8.27. The van der Waals surface area contributed by atoms with Crippen LogP contribution in [0.3, 0.4) is 0 Å². The zero-order valence-corrected chi connectivity index (χ0v) is 15.4. The van der Waals surface area contributed by atoms with Gasteiger partial charge in [-0.1, -0.05) is 17.7 Å². The minimum Gasteiger partial charge on any atom is -0.479 e. The number of nitrogens with one attached hydrogen (secondary N) is 1. The molecule has 1 unspecified atom stereocenters. The summed E-state index contributed by atoms with van der Waals surface area (Å²) >= 11 is 0. The van der Waals surface area contributed by atoms with Crippen molar-refractivity contribution in [3.05, 3.63) is 59.7 Å². The fourth-order valence-electron chi connectivity index (χ4n) is 2.13. The van der Waals surface area contributed by atoms with Crippen LogP contribution in [0.15, 0.2) is 48.5 Å². The number of hydrogen-bond donors (Lipinski definition) is 1. The molecule has 0 aromatic heterocycles. The van der Waals surface area contributed by atoms with E-state index >= 15 is 0 Å². The average molecular weight is 371 g/mol. The fourth-order valence-corrected chi connectivity index (χ4v) is 2.13. The first-order valence-electron chi connectivity index (χ1n) is 8.27. The number of carbonyl (C=O) groups excluding carboxylic acids is 3. The van der Waals surface area contributed by atoms with Gasteiger partial charge in [-0.05, 0) is 50.2 Å². The molecular formula is C20H21NO6. The van der Waals surface area contributed by atoms with Gasteiger partial charge in [0.05, 0.1) is 12.7 Å². The van der Waals surface area contributed by atoms with Gasteiger partial charge >= 0.3 is 11.9 Å². The van der Waals surface area contributed by atoms with Crippen molar-refractivity contribution in [2.75, 3.05) is 19.0 Å². The molecule has 1 amide bonds. The molecule has 0 fully saturated rings. The average Bonchev–Trinajstić information content (AvgIpc) is 2.67. The molecule has 2 aromatic carbocycles. The maximum absolute atomic E-state index is 11.9. The van der Waals surface area contributed by atoms with Crippen LogP contribution in [0.1, 0.15) is 22.8 Å². The monoisotopic (exact) mass is 371 g/mol. The van der Waals surface area contributed by atoms with E-state index in [9.17, 15) is 14.4 Å². The van der Waals surface area contributed by atoms with Crippen LogP contribution in [0, 0.1) is 6.92 Å². The third-order valence-corrected chi connectivity index (χ3v) is 3.60. The Kier molecular flexibility index (Phi) is 6.93. The molecule has 1 atom stereocenters. The second-order valence-electron chi connectivity index (χ2n) is 5.80. The lowest BCUT2D eigenvalue weighted by atomic mass is 10.2. The minimum absolute atomic E-state index is 0.365. The van der Waals surface area contributed by atoms with Crippen LogP contribution in [0.2, 0.25) is 0 Å². The first-order chi connectivity index (χ1) is 12.9. The van der Waals surface area contributed by atoms with Gasteiger partial charge in [-0.2, -0.15) is 0 Å². The molecule has 7 nitrogen and oxygen atoms in total. The number of esters is 2. The van der Waals surface area contributed by atoms with Crippen LogP contribution in [0.25, 0.3) is 0 Å². The number of benzene rings is 2. The lowest BCUT2D eigenvalue weighted by Gasteiger charge is -2.14. The van der Waals surface area contributed by atoms with Gasteiger partial charge in [-0.3, -0.25) is 4.79 Å². The number of carbonyl (C=O) groups is 3. The van der Waals surface area contributed by atoms with Crippen molar-refractivity contribution in [3.63, 3.8) is 0 Å². The summed E-state index contributed by atoms with van der Waals surface area (Å²) in [6.45, 7) is 3.05. The molecular weight excluding hydrogens is 350 g/mol. The van der Waals surface area contributed by atoms with E-state index in [1.54, 1.807) is 31.2 Å². The normalized spacial score (nSPS) is 11.2. The highest BCUT2D eigenvalue weighted by Crippen LogP contribution is 2.14. The molecule has 142 valence electrons. The standard InChI is InChI=1S/C20H21NO6/c1-13-4-10-17(11-5-13)27-14(2)19(23)26-12-18(22)21-16-8-6-15(7-9-16)20(24)25-3/h4-11,14H,12H2,1-3H3,(H,21,22). The van der Waals surface area contributed by atoms with E-state index in [0.29, 0.717) is 17.0 Å². The Morgan fingerprint density at radius 3 is 2.22 bits per heavy atom.